The molecule has 0 bridgehead atoms. The first kappa shape index (κ1) is 15.9. The first-order valence-corrected chi connectivity index (χ1v) is 1.97. The smallest absolute Gasteiger partial charge is 0.870 e. The number of carbonyl (C=O) groups is 1. The Kier molecular flexibility index (Phi) is 21.2. The second kappa shape index (κ2) is 10.7. The molecule has 0 aliphatic carbocycles. The van der Waals surface area contributed by atoms with Crippen molar-refractivity contribution in [3.05, 3.63) is 0 Å². The fraction of sp³-hybridized carbons (Fsp3) is 0.667. The molecule has 0 aliphatic rings. The molecule has 0 atom stereocenters. The van der Waals surface area contributed by atoms with E-state index in [4.69, 9.17) is 11.6 Å². The van der Waals surface area contributed by atoms with Gasteiger partial charge in [-0.25, -0.2) is 4.79 Å². The van der Waals surface area contributed by atoms with Crippen LogP contribution in [0.3, 0.4) is 0 Å². The minimum absolute atomic E-state index is 0. The van der Waals surface area contributed by atoms with Crippen LogP contribution in [0.15, 0.2) is 0 Å². The van der Waals surface area contributed by atoms with Gasteiger partial charge in [-0.3, -0.25) is 0 Å². The van der Waals surface area contributed by atoms with Gasteiger partial charge in [-0.15, -0.1) is 0 Å². The molecule has 8 heavy (non-hydrogen) atoms. The van der Waals surface area contributed by atoms with Gasteiger partial charge in [-0.2, -0.15) is 0 Å². The van der Waals surface area contributed by atoms with Crippen molar-refractivity contribution in [3.63, 3.8) is 0 Å². The Morgan fingerprint density at radius 3 is 2.12 bits per heavy atom. The Morgan fingerprint density at radius 1 is 1.75 bits per heavy atom. The van der Waals surface area contributed by atoms with Crippen molar-refractivity contribution in [1.29, 1.82) is 0 Å². The maximum absolute atomic E-state index is 9.59. The van der Waals surface area contributed by atoms with Crippen LogP contribution in [0.25, 0.3) is 0 Å². The van der Waals surface area contributed by atoms with E-state index < -0.39 is 5.43 Å². The van der Waals surface area contributed by atoms with E-state index >= 15 is 0 Å². The Balaban J connectivity index is -0.000000125. The molecule has 0 fully saturated rings. The van der Waals surface area contributed by atoms with Crippen LogP contribution in [-0.4, -0.2) is 17.5 Å². The Bertz CT molecular complexity index is 58.5. The van der Waals surface area contributed by atoms with E-state index in [-0.39, 0.29) is 35.0 Å². The predicted octanol–water partition coefficient (Wildman–Crippen LogP) is -1.79. The molecule has 0 aromatic carbocycles. The van der Waals surface area contributed by atoms with Crippen molar-refractivity contribution in [2.75, 3.05) is 6.61 Å². The van der Waals surface area contributed by atoms with Gasteiger partial charge in [0.1, 0.15) is 0 Å². The monoisotopic (exact) mass is 148 g/mol. The summed E-state index contributed by atoms with van der Waals surface area (Å²) in [6.45, 7) is 2.04. The summed E-state index contributed by atoms with van der Waals surface area (Å²) in [6.07, 6.45) is 0. The molecule has 0 amide bonds. The van der Waals surface area contributed by atoms with Crippen LogP contribution < -0.4 is 29.6 Å². The fourth-order valence-electron chi connectivity index (χ4n) is 0.113. The summed E-state index contributed by atoms with van der Waals surface area (Å²) in [5, 5.41) is 0. The molecule has 0 saturated heterocycles. The summed E-state index contributed by atoms with van der Waals surface area (Å²) >= 11 is 4.72. The molecular weight excluding hydrogens is 142 g/mol. The Morgan fingerprint density at radius 2 is 2.12 bits per heavy atom. The maximum atomic E-state index is 9.59. The third kappa shape index (κ3) is 15.9. The zero-order chi connectivity index (χ0) is 4.99. The van der Waals surface area contributed by atoms with Crippen LogP contribution >= 0.6 is 11.6 Å². The minimum Gasteiger partial charge on any atom is -0.870 e. The van der Waals surface area contributed by atoms with E-state index in [1.54, 1.807) is 6.92 Å². The molecule has 0 heterocycles. The summed E-state index contributed by atoms with van der Waals surface area (Å²) in [4.78, 5) is 9.59. The molecule has 5 heteroatoms. The number of ether oxygens (including phenoxy) is 1. The van der Waals surface area contributed by atoms with Gasteiger partial charge in [-0.05, 0) is 6.92 Å². The van der Waals surface area contributed by atoms with E-state index in [1.807, 2.05) is 0 Å². The largest absolute Gasteiger partial charge is 1.00 e. The molecule has 0 unspecified atom stereocenters. The molecule has 0 aliphatic heterocycles. The number of hydrogen-bond donors (Lipinski definition) is 0. The van der Waals surface area contributed by atoms with Gasteiger partial charge in [0, 0.05) is 11.6 Å². The Labute approximate surface area is 74.9 Å². The third-order valence-electron chi connectivity index (χ3n) is 0.258. The molecule has 0 aromatic rings. The van der Waals surface area contributed by atoms with Gasteiger partial charge >= 0.3 is 35.0 Å². The van der Waals surface area contributed by atoms with Crippen molar-refractivity contribution in [1.82, 2.24) is 0 Å². The van der Waals surface area contributed by atoms with Crippen molar-refractivity contribution in [2.24, 2.45) is 0 Å². The van der Waals surface area contributed by atoms with Crippen LogP contribution in [-0.2, 0) is 4.74 Å². The Hall–Kier alpha value is 0.720. The summed E-state index contributed by atoms with van der Waals surface area (Å²) in [5.74, 6) is 0. The second-order valence-electron chi connectivity index (χ2n) is 0.671. The fourth-order valence-corrected chi connectivity index (χ4v) is 0.223. The molecule has 44 valence electrons. The zero-order valence-corrected chi connectivity index (χ0v) is 7.60. The van der Waals surface area contributed by atoms with Gasteiger partial charge in [0.25, 0.3) is 0 Å². The van der Waals surface area contributed by atoms with Gasteiger partial charge in [0.05, 0.1) is 6.61 Å². The SMILES string of the molecule is CCOC(=O)Cl.[Na+].[OH-]. The van der Waals surface area contributed by atoms with E-state index in [9.17, 15) is 4.79 Å². The van der Waals surface area contributed by atoms with Crippen molar-refractivity contribution in [2.45, 2.75) is 6.92 Å². The molecule has 0 aromatic heterocycles. The molecule has 3 nitrogen and oxygen atoms in total. The third-order valence-corrected chi connectivity index (χ3v) is 0.367. The average Bonchev–Trinajstić information content (AvgIpc) is 1.35. The summed E-state index contributed by atoms with van der Waals surface area (Å²) in [5.41, 5.74) is -0.738. The quantitative estimate of drug-likeness (QED) is 0.326. The normalized spacial score (nSPS) is 5.75. The summed E-state index contributed by atoms with van der Waals surface area (Å²) < 4.78 is 4.17. The number of hydrogen-bond acceptors (Lipinski definition) is 3. The summed E-state index contributed by atoms with van der Waals surface area (Å²) in [6, 6.07) is 0. The first-order valence-electron chi connectivity index (χ1n) is 1.59. The standard InChI is InChI=1S/C3H5ClO2.Na.H2O/c1-2-6-3(4)5;;/h2H2,1H3;;1H2/q;+1;/p-1. The topological polar surface area (TPSA) is 56.3 Å². The first-order chi connectivity index (χ1) is 2.77. The second-order valence-corrected chi connectivity index (χ2v) is 0.979. The van der Waals surface area contributed by atoms with E-state index in [0.29, 0.717) is 6.61 Å². The van der Waals surface area contributed by atoms with Gasteiger partial charge in [0.15, 0.2) is 0 Å². The molecule has 1 N–H and O–H groups in total. The van der Waals surface area contributed by atoms with Crippen molar-refractivity contribution in [3.8, 4) is 0 Å². The number of carbonyl (C=O) groups excluding carboxylic acids is 1. The summed E-state index contributed by atoms with van der Waals surface area (Å²) in [7, 11) is 0. The predicted molar refractivity (Wildman–Crippen MR) is 24.8 cm³/mol. The van der Waals surface area contributed by atoms with E-state index in [1.165, 1.54) is 0 Å². The minimum atomic E-state index is -0.738. The average molecular weight is 149 g/mol. The molecule has 0 radical (unpaired) electrons. The zero-order valence-electron chi connectivity index (χ0n) is 4.85. The molecule has 0 rings (SSSR count). The number of halogens is 1. The van der Waals surface area contributed by atoms with E-state index in [0.717, 1.165) is 0 Å². The molecule has 0 spiro atoms. The van der Waals surface area contributed by atoms with E-state index in [2.05, 4.69) is 4.74 Å². The van der Waals surface area contributed by atoms with Gasteiger partial charge in [-0.1, -0.05) is 0 Å². The molecular formula is C3H6ClNaO3. The van der Waals surface area contributed by atoms with Crippen LogP contribution in [0.5, 0.6) is 0 Å². The van der Waals surface area contributed by atoms with Crippen molar-refractivity contribution >= 4 is 17.0 Å². The van der Waals surface area contributed by atoms with Crippen LogP contribution in [0.2, 0.25) is 0 Å². The van der Waals surface area contributed by atoms with Crippen LogP contribution in [0.1, 0.15) is 6.92 Å². The maximum Gasteiger partial charge on any atom is 1.00 e. The van der Waals surface area contributed by atoms with Crippen molar-refractivity contribution < 1.29 is 44.6 Å². The van der Waals surface area contributed by atoms with Crippen LogP contribution in [0.4, 0.5) is 4.79 Å². The molecule has 0 saturated carbocycles. The number of rotatable bonds is 1. The van der Waals surface area contributed by atoms with Crippen LogP contribution in [0, 0.1) is 0 Å². The van der Waals surface area contributed by atoms with Gasteiger partial charge < -0.3 is 10.2 Å². The van der Waals surface area contributed by atoms with Gasteiger partial charge in [0.2, 0.25) is 0 Å².